The van der Waals surface area contributed by atoms with Gasteiger partial charge in [0.1, 0.15) is 5.75 Å². The molecule has 1 fully saturated rings. The highest BCUT2D eigenvalue weighted by Crippen LogP contribution is 2.25. The molecule has 0 spiro atoms. The zero-order chi connectivity index (χ0) is 23.0. The summed E-state index contributed by atoms with van der Waals surface area (Å²) in [5.74, 6) is 2.11. The summed E-state index contributed by atoms with van der Waals surface area (Å²) < 4.78 is 9.91. The number of hydrogen-bond acceptors (Lipinski definition) is 6. The van der Waals surface area contributed by atoms with E-state index >= 15 is 0 Å². The number of benzene rings is 1. The molecule has 1 aromatic carbocycles. The second-order valence-electron chi connectivity index (χ2n) is 8.80. The minimum Gasteiger partial charge on any atom is -0.497 e. The lowest BCUT2D eigenvalue weighted by Gasteiger charge is -2.36. The van der Waals surface area contributed by atoms with Crippen LogP contribution in [0.15, 0.2) is 33.9 Å². The molecule has 0 amide bonds. The Morgan fingerprint density at radius 2 is 1.59 bits per heavy atom. The summed E-state index contributed by atoms with van der Waals surface area (Å²) in [6.07, 6.45) is 0.927. The van der Waals surface area contributed by atoms with Crippen LogP contribution in [0.2, 0.25) is 0 Å². The van der Waals surface area contributed by atoms with Crippen molar-refractivity contribution >= 4 is 22.8 Å². The van der Waals surface area contributed by atoms with Gasteiger partial charge >= 0.3 is 5.69 Å². The quantitative estimate of drug-likeness (QED) is 0.582. The minimum absolute atomic E-state index is 0.289. The Morgan fingerprint density at radius 3 is 2.19 bits per heavy atom. The molecule has 32 heavy (non-hydrogen) atoms. The van der Waals surface area contributed by atoms with Crippen molar-refractivity contribution in [3.8, 4) is 5.75 Å². The molecule has 0 N–H and O–H groups in total. The van der Waals surface area contributed by atoms with E-state index in [-0.39, 0.29) is 11.2 Å². The number of rotatable bonds is 6. The van der Waals surface area contributed by atoms with Gasteiger partial charge in [0.2, 0.25) is 5.95 Å². The number of aromatic nitrogens is 4. The summed E-state index contributed by atoms with van der Waals surface area (Å²) in [5.41, 5.74) is 1.47. The van der Waals surface area contributed by atoms with Gasteiger partial charge < -0.3 is 19.1 Å². The largest absolute Gasteiger partial charge is 0.497 e. The van der Waals surface area contributed by atoms with Crippen molar-refractivity contribution in [2.75, 3.05) is 43.1 Å². The van der Waals surface area contributed by atoms with Gasteiger partial charge in [-0.3, -0.25) is 13.9 Å². The zero-order valence-corrected chi connectivity index (χ0v) is 19.5. The smallest absolute Gasteiger partial charge is 0.332 e. The summed E-state index contributed by atoms with van der Waals surface area (Å²) >= 11 is 0. The molecule has 1 saturated heterocycles. The molecule has 9 nitrogen and oxygen atoms in total. The second kappa shape index (κ2) is 8.72. The highest BCUT2D eigenvalue weighted by molar-refractivity contribution is 5.74. The topological polar surface area (TPSA) is 77.5 Å². The maximum atomic E-state index is 13.0. The first-order valence-corrected chi connectivity index (χ1v) is 11.1. The van der Waals surface area contributed by atoms with Crippen LogP contribution in [0.1, 0.15) is 20.3 Å². The maximum Gasteiger partial charge on any atom is 0.332 e. The van der Waals surface area contributed by atoms with Crippen LogP contribution in [0.5, 0.6) is 5.75 Å². The monoisotopic (exact) mass is 440 g/mol. The molecule has 0 radical (unpaired) electrons. The van der Waals surface area contributed by atoms with Crippen molar-refractivity contribution in [1.82, 2.24) is 18.7 Å². The van der Waals surface area contributed by atoms with Crippen molar-refractivity contribution < 1.29 is 4.74 Å². The lowest BCUT2D eigenvalue weighted by Crippen LogP contribution is -2.47. The summed E-state index contributed by atoms with van der Waals surface area (Å²) in [6.45, 7) is 8.28. The predicted molar refractivity (Wildman–Crippen MR) is 127 cm³/mol. The Hall–Kier alpha value is -3.23. The molecule has 0 unspecified atom stereocenters. The van der Waals surface area contributed by atoms with E-state index in [1.54, 1.807) is 14.2 Å². The van der Waals surface area contributed by atoms with Crippen LogP contribution in [-0.2, 0) is 20.6 Å². The van der Waals surface area contributed by atoms with Crippen molar-refractivity contribution in [3.63, 3.8) is 0 Å². The Labute approximate surface area is 187 Å². The van der Waals surface area contributed by atoms with Crippen LogP contribution >= 0.6 is 0 Å². The van der Waals surface area contributed by atoms with Crippen LogP contribution < -0.4 is 25.8 Å². The summed E-state index contributed by atoms with van der Waals surface area (Å²) in [7, 11) is 4.87. The molecule has 1 aliphatic rings. The number of methoxy groups -OCH3 is 1. The number of imidazole rings is 1. The fourth-order valence-corrected chi connectivity index (χ4v) is 4.23. The number of fused-ring (bicyclic) bond motifs is 1. The molecule has 0 bridgehead atoms. The number of nitrogens with zero attached hydrogens (tertiary/aromatic N) is 6. The first kappa shape index (κ1) is 22.0. The van der Waals surface area contributed by atoms with Crippen molar-refractivity contribution in [1.29, 1.82) is 0 Å². The number of hydrogen-bond donors (Lipinski definition) is 0. The number of ether oxygens (including phenoxy) is 1. The molecule has 2 aromatic heterocycles. The van der Waals surface area contributed by atoms with Crippen molar-refractivity contribution in [3.05, 3.63) is 45.1 Å². The van der Waals surface area contributed by atoms with Crippen LogP contribution in [0.4, 0.5) is 11.6 Å². The van der Waals surface area contributed by atoms with Gasteiger partial charge in [-0.05, 0) is 36.6 Å². The van der Waals surface area contributed by atoms with E-state index in [4.69, 9.17) is 9.72 Å². The number of anilines is 2. The molecule has 9 heteroatoms. The molecule has 3 aromatic rings. The summed E-state index contributed by atoms with van der Waals surface area (Å²) in [5, 5.41) is 0. The second-order valence-corrected chi connectivity index (χ2v) is 8.80. The van der Waals surface area contributed by atoms with E-state index < -0.39 is 0 Å². The van der Waals surface area contributed by atoms with Crippen LogP contribution in [0.3, 0.4) is 0 Å². The molecule has 0 atom stereocenters. The van der Waals surface area contributed by atoms with E-state index in [1.165, 1.54) is 16.2 Å². The van der Waals surface area contributed by atoms with E-state index in [9.17, 15) is 9.59 Å². The van der Waals surface area contributed by atoms with E-state index in [1.807, 2.05) is 16.7 Å². The molecule has 0 saturated carbocycles. The van der Waals surface area contributed by atoms with Crippen LogP contribution in [0.25, 0.3) is 11.2 Å². The van der Waals surface area contributed by atoms with Gasteiger partial charge in [-0.25, -0.2) is 4.79 Å². The van der Waals surface area contributed by atoms with Crippen molar-refractivity contribution in [2.45, 2.75) is 26.8 Å². The lowest BCUT2D eigenvalue weighted by atomic mass is 10.1. The normalized spacial score (nSPS) is 14.6. The first-order chi connectivity index (χ1) is 15.3. The number of piperazine rings is 1. The fourth-order valence-electron chi connectivity index (χ4n) is 4.23. The molecule has 3 heterocycles. The highest BCUT2D eigenvalue weighted by atomic mass is 16.5. The van der Waals surface area contributed by atoms with Gasteiger partial charge in [-0.2, -0.15) is 4.98 Å². The molecular formula is C23H32N6O3. The van der Waals surface area contributed by atoms with Gasteiger partial charge in [0, 0.05) is 52.5 Å². The van der Waals surface area contributed by atoms with Gasteiger partial charge in [0.25, 0.3) is 5.56 Å². The Balaban J connectivity index is 1.67. The van der Waals surface area contributed by atoms with E-state index in [0.717, 1.165) is 50.0 Å². The Bertz CT molecular complexity index is 1210. The van der Waals surface area contributed by atoms with Crippen molar-refractivity contribution in [2.24, 2.45) is 20.0 Å². The maximum absolute atomic E-state index is 13.0. The third kappa shape index (κ3) is 3.87. The molecular weight excluding hydrogens is 408 g/mol. The summed E-state index contributed by atoms with van der Waals surface area (Å²) in [4.78, 5) is 34.8. The van der Waals surface area contributed by atoms with Gasteiger partial charge in [-0.15, -0.1) is 0 Å². The Kier molecular flexibility index (Phi) is 5.99. The SMILES string of the molecule is COc1ccc(N2CCN(c3nc4c(c(=O)n(C)c(=O)n4C)n3CCC(C)C)CC2)cc1. The molecule has 1 aliphatic heterocycles. The average molecular weight is 441 g/mol. The van der Waals surface area contributed by atoms with Gasteiger partial charge in [0.15, 0.2) is 11.2 Å². The van der Waals surface area contributed by atoms with Gasteiger partial charge in [0.05, 0.1) is 7.11 Å². The third-order valence-electron chi connectivity index (χ3n) is 6.26. The average Bonchev–Trinajstić information content (AvgIpc) is 3.20. The number of aryl methyl sites for hydroxylation is 2. The highest BCUT2D eigenvalue weighted by Gasteiger charge is 2.25. The fraction of sp³-hybridized carbons (Fsp3) is 0.522. The predicted octanol–water partition coefficient (Wildman–Crippen LogP) is 1.81. The standard InChI is InChI=1S/C23H32N6O3/c1-16(2)10-11-29-19-20(25(3)23(31)26(4)21(19)30)24-22(29)28-14-12-27(13-15-28)17-6-8-18(32-5)9-7-17/h6-9,16H,10-15H2,1-5H3. The molecule has 4 rings (SSSR count). The van der Waals surface area contributed by atoms with E-state index in [2.05, 4.69) is 35.8 Å². The van der Waals surface area contributed by atoms with Crippen LogP contribution in [0, 0.1) is 5.92 Å². The molecule has 172 valence electrons. The molecule has 0 aliphatic carbocycles. The van der Waals surface area contributed by atoms with Crippen LogP contribution in [-0.4, -0.2) is 52.0 Å². The Morgan fingerprint density at radius 1 is 0.969 bits per heavy atom. The first-order valence-electron chi connectivity index (χ1n) is 11.1. The van der Waals surface area contributed by atoms with Gasteiger partial charge in [-0.1, -0.05) is 13.8 Å². The minimum atomic E-state index is -0.355. The van der Waals surface area contributed by atoms with E-state index in [0.29, 0.717) is 23.6 Å². The lowest BCUT2D eigenvalue weighted by molar-refractivity contribution is 0.415. The zero-order valence-electron chi connectivity index (χ0n) is 19.5. The summed E-state index contributed by atoms with van der Waals surface area (Å²) in [6, 6.07) is 8.10. The third-order valence-corrected chi connectivity index (χ3v) is 6.26.